The molecule has 112 valence electrons. The van der Waals surface area contributed by atoms with Gasteiger partial charge in [-0.15, -0.1) is 0 Å². The second-order valence-corrected chi connectivity index (χ2v) is 6.47. The fraction of sp³-hybridized carbons (Fsp3) is 0.529. The monoisotopic (exact) mass is 287 g/mol. The molecule has 3 rings (SSSR count). The van der Waals surface area contributed by atoms with Crippen molar-refractivity contribution in [3.8, 4) is 0 Å². The number of rotatable bonds is 2. The number of benzene rings is 1. The maximum atomic E-state index is 13.0. The first kappa shape index (κ1) is 14.1. The molecule has 2 bridgehead atoms. The minimum Gasteiger partial charge on any atom is -0.481 e. The van der Waals surface area contributed by atoms with E-state index in [0.29, 0.717) is 6.42 Å². The fourth-order valence-corrected chi connectivity index (χ4v) is 4.22. The molecule has 3 atom stereocenters. The molecule has 21 heavy (non-hydrogen) atoms. The Labute approximate surface area is 124 Å². The number of carbonyl (C=O) groups excluding carboxylic acids is 1. The molecule has 1 amide bonds. The van der Waals surface area contributed by atoms with Crippen LogP contribution in [0, 0.1) is 26.7 Å². The van der Waals surface area contributed by atoms with Gasteiger partial charge in [-0.2, -0.15) is 0 Å². The van der Waals surface area contributed by atoms with Crippen LogP contribution in [0.4, 0.5) is 0 Å². The number of fused-ring (bicyclic) bond motifs is 2. The van der Waals surface area contributed by atoms with Gasteiger partial charge in [-0.05, 0) is 51.2 Å². The van der Waals surface area contributed by atoms with Crippen LogP contribution in [0.3, 0.4) is 0 Å². The third-order valence-corrected chi connectivity index (χ3v) is 4.98. The van der Waals surface area contributed by atoms with E-state index in [4.69, 9.17) is 0 Å². The summed E-state index contributed by atoms with van der Waals surface area (Å²) in [5.74, 6) is -1.14. The quantitative estimate of drug-likeness (QED) is 0.910. The lowest BCUT2D eigenvalue weighted by atomic mass is 9.89. The average Bonchev–Trinajstić information content (AvgIpc) is 2.94. The molecular formula is C17H21NO3. The molecule has 2 saturated heterocycles. The van der Waals surface area contributed by atoms with Crippen LogP contribution in [0.25, 0.3) is 0 Å². The summed E-state index contributed by atoms with van der Waals surface area (Å²) in [5.41, 5.74) is 3.87. The van der Waals surface area contributed by atoms with E-state index in [1.54, 1.807) is 0 Å². The Morgan fingerprint density at radius 2 is 1.76 bits per heavy atom. The second-order valence-electron chi connectivity index (χ2n) is 6.47. The van der Waals surface area contributed by atoms with Gasteiger partial charge in [-0.25, -0.2) is 0 Å². The van der Waals surface area contributed by atoms with E-state index in [-0.39, 0.29) is 18.0 Å². The van der Waals surface area contributed by atoms with Crippen LogP contribution in [0.1, 0.15) is 46.3 Å². The van der Waals surface area contributed by atoms with Gasteiger partial charge < -0.3 is 10.0 Å². The van der Waals surface area contributed by atoms with E-state index in [0.717, 1.165) is 35.1 Å². The van der Waals surface area contributed by atoms with E-state index in [1.165, 1.54) is 0 Å². The van der Waals surface area contributed by atoms with Crippen molar-refractivity contribution >= 4 is 11.9 Å². The first-order valence-corrected chi connectivity index (χ1v) is 7.53. The Balaban J connectivity index is 1.96. The zero-order valence-corrected chi connectivity index (χ0v) is 12.7. The molecule has 1 N–H and O–H groups in total. The van der Waals surface area contributed by atoms with Gasteiger partial charge in [-0.1, -0.05) is 17.7 Å². The summed E-state index contributed by atoms with van der Waals surface area (Å²) in [6.45, 7) is 5.94. The summed E-state index contributed by atoms with van der Waals surface area (Å²) >= 11 is 0. The van der Waals surface area contributed by atoms with Crippen LogP contribution in [-0.2, 0) is 4.79 Å². The standard InChI is InChI=1S/C17H21NO3/c1-9-6-10(2)15(11(3)7-9)16(19)18-12-4-5-14(18)13(8-12)17(20)21/h6-7,12-14H,4-5,8H2,1-3H3,(H,20,21). The van der Waals surface area contributed by atoms with E-state index in [9.17, 15) is 14.7 Å². The molecule has 0 saturated carbocycles. The van der Waals surface area contributed by atoms with Crippen molar-refractivity contribution in [2.45, 2.75) is 52.1 Å². The van der Waals surface area contributed by atoms with Gasteiger partial charge in [0.2, 0.25) is 0 Å². The normalized spacial score (nSPS) is 27.2. The van der Waals surface area contributed by atoms with E-state index in [1.807, 2.05) is 37.8 Å². The molecule has 2 heterocycles. The SMILES string of the molecule is Cc1cc(C)c(C(=O)N2C3CCC2C(C(=O)O)C3)c(C)c1. The molecule has 0 spiro atoms. The number of carbonyl (C=O) groups is 2. The predicted octanol–water partition coefficient (Wildman–Crippen LogP) is 2.69. The molecule has 0 radical (unpaired) electrons. The van der Waals surface area contributed by atoms with Crippen molar-refractivity contribution in [3.05, 3.63) is 34.4 Å². The highest BCUT2D eigenvalue weighted by Gasteiger charge is 2.51. The van der Waals surface area contributed by atoms with Gasteiger partial charge in [0.1, 0.15) is 0 Å². The number of carboxylic acids is 1. The van der Waals surface area contributed by atoms with Crippen LogP contribution in [0.2, 0.25) is 0 Å². The van der Waals surface area contributed by atoms with Crippen molar-refractivity contribution in [1.29, 1.82) is 0 Å². The largest absolute Gasteiger partial charge is 0.481 e. The minimum absolute atomic E-state index is 0.0150. The zero-order valence-electron chi connectivity index (χ0n) is 12.7. The van der Waals surface area contributed by atoms with Gasteiger partial charge >= 0.3 is 5.97 Å². The number of hydrogen-bond acceptors (Lipinski definition) is 2. The van der Waals surface area contributed by atoms with Crippen LogP contribution in [0.5, 0.6) is 0 Å². The summed E-state index contributed by atoms with van der Waals surface area (Å²) in [6, 6.07) is 4.02. The van der Waals surface area contributed by atoms with Crippen molar-refractivity contribution < 1.29 is 14.7 Å². The number of aliphatic carboxylic acids is 1. The van der Waals surface area contributed by atoms with Crippen molar-refractivity contribution in [2.75, 3.05) is 0 Å². The van der Waals surface area contributed by atoms with Crippen molar-refractivity contribution in [3.63, 3.8) is 0 Å². The van der Waals surface area contributed by atoms with Crippen molar-refractivity contribution in [2.24, 2.45) is 5.92 Å². The predicted molar refractivity (Wildman–Crippen MR) is 79.4 cm³/mol. The lowest BCUT2D eigenvalue weighted by molar-refractivity contribution is -0.142. The number of hydrogen-bond donors (Lipinski definition) is 1. The molecule has 2 aliphatic rings. The van der Waals surface area contributed by atoms with Gasteiger partial charge in [0, 0.05) is 17.6 Å². The highest BCUT2D eigenvalue weighted by Crippen LogP contribution is 2.43. The molecule has 4 heteroatoms. The maximum absolute atomic E-state index is 13.0. The minimum atomic E-state index is -0.766. The number of amides is 1. The lowest BCUT2D eigenvalue weighted by Gasteiger charge is -2.25. The van der Waals surface area contributed by atoms with Crippen LogP contribution in [-0.4, -0.2) is 34.0 Å². The molecule has 1 aromatic rings. The maximum Gasteiger partial charge on any atom is 0.308 e. The summed E-state index contributed by atoms with van der Waals surface area (Å²) in [5, 5.41) is 9.31. The second kappa shape index (κ2) is 4.86. The van der Waals surface area contributed by atoms with E-state index in [2.05, 4.69) is 0 Å². The van der Waals surface area contributed by atoms with Gasteiger partial charge in [-0.3, -0.25) is 9.59 Å². The van der Waals surface area contributed by atoms with E-state index >= 15 is 0 Å². The van der Waals surface area contributed by atoms with Gasteiger partial charge in [0.05, 0.1) is 5.92 Å². The summed E-state index contributed by atoms with van der Waals surface area (Å²) in [4.78, 5) is 26.1. The Morgan fingerprint density at radius 3 is 2.29 bits per heavy atom. The molecule has 1 aromatic carbocycles. The third kappa shape index (κ3) is 2.13. The molecule has 3 unspecified atom stereocenters. The van der Waals surface area contributed by atoms with Gasteiger partial charge in [0.15, 0.2) is 0 Å². The first-order chi connectivity index (χ1) is 9.90. The average molecular weight is 287 g/mol. The number of nitrogens with zero attached hydrogens (tertiary/aromatic N) is 1. The van der Waals surface area contributed by atoms with E-state index < -0.39 is 11.9 Å². The molecule has 2 fully saturated rings. The summed E-state index contributed by atoms with van der Waals surface area (Å²) in [7, 11) is 0. The number of carboxylic acid groups (broad SMARTS) is 1. The number of aryl methyl sites for hydroxylation is 3. The van der Waals surface area contributed by atoms with Gasteiger partial charge in [0.25, 0.3) is 5.91 Å². The first-order valence-electron chi connectivity index (χ1n) is 7.53. The smallest absolute Gasteiger partial charge is 0.308 e. The summed E-state index contributed by atoms with van der Waals surface area (Å²) < 4.78 is 0. The Bertz CT molecular complexity index is 599. The van der Waals surface area contributed by atoms with Crippen LogP contribution < -0.4 is 0 Å². The topological polar surface area (TPSA) is 57.6 Å². The zero-order chi connectivity index (χ0) is 15.3. The summed E-state index contributed by atoms with van der Waals surface area (Å²) in [6.07, 6.45) is 2.36. The molecule has 2 aliphatic heterocycles. The van der Waals surface area contributed by atoms with Crippen molar-refractivity contribution in [1.82, 2.24) is 4.90 Å². The molecule has 0 aliphatic carbocycles. The highest BCUT2D eigenvalue weighted by molar-refractivity contribution is 5.98. The lowest BCUT2D eigenvalue weighted by Crippen LogP contribution is -2.38. The fourth-order valence-electron chi connectivity index (χ4n) is 4.22. The Morgan fingerprint density at radius 1 is 1.14 bits per heavy atom. The molecule has 4 nitrogen and oxygen atoms in total. The molecule has 0 aromatic heterocycles. The van der Waals surface area contributed by atoms with Crippen LogP contribution >= 0.6 is 0 Å². The third-order valence-electron chi connectivity index (χ3n) is 4.98. The molecular weight excluding hydrogens is 266 g/mol. The Kier molecular flexibility index (Phi) is 3.27. The van der Waals surface area contributed by atoms with Crippen LogP contribution in [0.15, 0.2) is 12.1 Å². The Hall–Kier alpha value is -1.84. The highest BCUT2D eigenvalue weighted by atomic mass is 16.4.